The first kappa shape index (κ1) is 19.6. The van der Waals surface area contributed by atoms with Crippen molar-refractivity contribution in [2.45, 2.75) is 18.9 Å². The van der Waals surface area contributed by atoms with Gasteiger partial charge in [0.05, 0.1) is 24.5 Å². The molecule has 0 aromatic heterocycles. The summed E-state index contributed by atoms with van der Waals surface area (Å²) in [5.74, 6) is -0.0715. The Kier molecular flexibility index (Phi) is 6.81. The number of para-hydroxylation sites is 1. The van der Waals surface area contributed by atoms with Crippen LogP contribution in [0.3, 0.4) is 0 Å². The molecule has 28 heavy (non-hydrogen) atoms. The maximum atomic E-state index is 12.4. The van der Waals surface area contributed by atoms with Gasteiger partial charge >= 0.3 is 5.97 Å². The number of hydrogen-bond acceptors (Lipinski definition) is 5. The predicted molar refractivity (Wildman–Crippen MR) is 106 cm³/mol. The van der Waals surface area contributed by atoms with Crippen LogP contribution in [-0.2, 0) is 14.3 Å². The summed E-state index contributed by atoms with van der Waals surface area (Å²) in [4.78, 5) is 24.6. The van der Waals surface area contributed by atoms with Crippen molar-refractivity contribution in [1.29, 1.82) is 0 Å². The Morgan fingerprint density at radius 1 is 1.18 bits per heavy atom. The molecular formula is C22H23NO5. The van der Waals surface area contributed by atoms with Crippen LogP contribution in [0, 0.1) is 0 Å². The average Bonchev–Trinajstić information content (AvgIpc) is 3.25. The molecule has 3 rings (SSSR count). The van der Waals surface area contributed by atoms with E-state index in [-0.39, 0.29) is 18.6 Å². The minimum Gasteiger partial charge on any atom is -0.497 e. The van der Waals surface area contributed by atoms with E-state index in [1.165, 1.54) is 6.08 Å². The second kappa shape index (κ2) is 9.71. The van der Waals surface area contributed by atoms with Crippen molar-refractivity contribution in [3.8, 4) is 5.75 Å². The van der Waals surface area contributed by atoms with E-state index in [1.54, 1.807) is 37.5 Å². The number of hydrogen-bond donors (Lipinski definition) is 1. The van der Waals surface area contributed by atoms with E-state index < -0.39 is 5.97 Å². The molecule has 1 unspecified atom stereocenters. The Balaban J connectivity index is 1.60. The monoisotopic (exact) mass is 381 g/mol. The van der Waals surface area contributed by atoms with Crippen molar-refractivity contribution in [3.05, 3.63) is 65.7 Å². The summed E-state index contributed by atoms with van der Waals surface area (Å²) in [6, 6.07) is 14.1. The number of esters is 1. The van der Waals surface area contributed by atoms with Crippen LogP contribution in [0.1, 0.15) is 28.8 Å². The molecule has 1 aliphatic rings. The van der Waals surface area contributed by atoms with Crippen molar-refractivity contribution >= 4 is 23.6 Å². The number of ether oxygens (including phenoxy) is 3. The molecule has 2 aromatic carbocycles. The molecule has 1 aliphatic heterocycles. The number of amides is 1. The Morgan fingerprint density at radius 3 is 2.68 bits per heavy atom. The number of carbonyl (C=O) groups excluding carboxylic acids is 2. The van der Waals surface area contributed by atoms with Crippen LogP contribution in [0.4, 0.5) is 5.69 Å². The molecule has 1 amide bonds. The van der Waals surface area contributed by atoms with Crippen LogP contribution in [0.25, 0.3) is 6.08 Å². The molecule has 0 radical (unpaired) electrons. The molecule has 1 saturated heterocycles. The first-order valence-corrected chi connectivity index (χ1v) is 9.16. The highest BCUT2D eigenvalue weighted by Gasteiger charge is 2.19. The summed E-state index contributed by atoms with van der Waals surface area (Å²) in [6.45, 7) is 0.924. The summed E-state index contributed by atoms with van der Waals surface area (Å²) in [7, 11) is 1.60. The third kappa shape index (κ3) is 5.44. The number of benzene rings is 2. The van der Waals surface area contributed by atoms with Crippen LogP contribution in [-0.4, -0.2) is 38.3 Å². The van der Waals surface area contributed by atoms with Crippen molar-refractivity contribution in [1.82, 2.24) is 0 Å². The SMILES string of the molecule is COc1ccc(/C=C/C(=O)Nc2ccccc2C(=O)OCC2CCCO2)cc1. The fraction of sp³-hybridized carbons (Fsp3) is 0.273. The van der Waals surface area contributed by atoms with Crippen LogP contribution in [0.15, 0.2) is 54.6 Å². The minimum atomic E-state index is -0.481. The number of rotatable bonds is 7. The maximum Gasteiger partial charge on any atom is 0.340 e. The van der Waals surface area contributed by atoms with Crippen LogP contribution >= 0.6 is 0 Å². The molecule has 2 aromatic rings. The van der Waals surface area contributed by atoms with Gasteiger partial charge in [-0.05, 0) is 48.7 Å². The summed E-state index contributed by atoms with van der Waals surface area (Å²) in [5, 5.41) is 2.73. The van der Waals surface area contributed by atoms with Gasteiger partial charge in [-0.3, -0.25) is 4.79 Å². The van der Waals surface area contributed by atoms with Gasteiger partial charge in [-0.15, -0.1) is 0 Å². The Bertz CT molecular complexity index is 838. The fourth-order valence-corrected chi connectivity index (χ4v) is 2.85. The van der Waals surface area contributed by atoms with E-state index in [1.807, 2.05) is 24.3 Å². The van der Waals surface area contributed by atoms with Crippen LogP contribution in [0.2, 0.25) is 0 Å². The normalized spacial score (nSPS) is 16.1. The molecule has 6 heteroatoms. The zero-order valence-corrected chi connectivity index (χ0v) is 15.7. The van der Waals surface area contributed by atoms with Gasteiger partial charge in [-0.25, -0.2) is 4.79 Å². The third-order valence-electron chi connectivity index (χ3n) is 4.37. The van der Waals surface area contributed by atoms with Gasteiger partial charge < -0.3 is 19.5 Å². The number of carbonyl (C=O) groups is 2. The minimum absolute atomic E-state index is 0.0434. The first-order valence-electron chi connectivity index (χ1n) is 9.16. The van der Waals surface area contributed by atoms with E-state index in [9.17, 15) is 9.59 Å². The average molecular weight is 381 g/mol. The molecule has 1 atom stereocenters. The maximum absolute atomic E-state index is 12.4. The largest absolute Gasteiger partial charge is 0.497 e. The molecule has 0 bridgehead atoms. The lowest BCUT2D eigenvalue weighted by atomic mass is 10.1. The Hall–Kier alpha value is -3.12. The topological polar surface area (TPSA) is 73.9 Å². The highest BCUT2D eigenvalue weighted by molar-refractivity contribution is 6.06. The second-order valence-corrected chi connectivity index (χ2v) is 6.37. The fourth-order valence-electron chi connectivity index (χ4n) is 2.85. The van der Waals surface area contributed by atoms with Gasteiger partial charge in [-0.2, -0.15) is 0 Å². The summed E-state index contributed by atoms with van der Waals surface area (Å²) < 4.78 is 15.9. The quantitative estimate of drug-likeness (QED) is 0.585. The summed E-state index contributed by atoms with van der Waals surface area (Å²) in [6.07, 6.45) is 4.93. The summed E-state index contributed by atoms with van der Waals surface area (Å²) in [5.41, 5.74) is 1.58. The van der Waals surface area contributed by atoms with E-state index in [2.05, 4.69) is 5.32 Å². The Morgan fingerprint density at radius 2 is 1.96 bits per heavy atom. The molecule has 1 heterocycles. The van der Waals surface area contributed by atoms with E-state index in [0.717, 1.165) is 24.2 Å². The standard InChI is InChI=1S/C22H23NO5/c1-26-17-11-8-16(9-12-17)10-13-21(24)23-20-7-3-2-6-19(20)22(25)28-15-18-5-4-14-27-18/h2-3,6-13,18H,4-5,14-15H2,1H3,(H,23,24)/b13-10+. The van der Waals surface area contributed by atoms with Crippen molar-refractivity contribution in [3.63, 3.8) is 0 Å². The third-order valence-corrected chi connectivity index (χ3v) is 4.37. The Labute approximate surface area is 164 Å². The van der Waals surface area contributed by atoms with Crippen molar-refractivity contribution in [2.75, 3.05) is 25.6 Å². The lowest BCUT2D eigenvalue weighted by Crippen LogP contribution is -2.19. The van der Waals surface area contributed by atoms with E-state index in [0.29, 0.717) is 17.9 Å². The highest BCUT2D eigenvalue weighted by Crippen LogP contribution is 2.18. The predicted octanol–water partition coefficient (Wildman–Crippen LogP) is 3.68. The molecule has 146 valence electrons. The zero-order chi connectivity index (χ0) is 19.8. The lowest BCUT2D eigenvalue weighted by molar-refractivity contribution is -0.111. The van der Waals surface area contributed by atoms with Gasteiger partial charge in [0.25, 0.3) is 0 Å². The number of nitrogens with one attached hydrogen (secondary N) is 1. The van der Waals surface area contributed by atoms with E-state index >= 15 is 0 Å². The van der Waals surface area contributed by atoms with Crippen molar-refractivity contribution < 1.29 is 23.8 Å². The zero-order valence-electron chi connectivity index (χ0n) is 15.7. The van der Waals surface area contributed by atoms with Gasteiger partial charge in [-0.1, -0.05) is 24.3 Å². The van der Waals surface area contributed by atoms with E-state index in [4.69, 9.17) is 14.2 Å². The molecule has 0 saturated carbocycles. The highest BCUT2D eigenvalue weighted by atomic mass is 16.6. The van der Waals surface area contributed by atoms with Crippen LogP contribution < -0.4 is 10.1 Å². The van der Waals surface area contributed by atoms with Crippen LogP contribution in [0.5, 0.6) is 5.75 Å². The first-order chi connectivity index (χ1) is 13.7. The smallest absolute Gasteiger partial charge is 0.340 e. The van der Waals surface area contributed by atoms with Crippen molar-refractivity contribution in [2.24, 2.45) is 0 Å². The molecule has 1 N–H and O–H groups in total. The number of anilines is 1. The van der Waals surface area contributed by atoms with Gasteiger partial charge in [0.1, 0.15) is 12.4 Å². The lowest BCUT2D eigenvalue weighted by Gasteiger charge is -2.12. The molecule has 6 nitrogen and oxygen atoms in total. The molecular weight excluding hydrogens is 358 g/mol. The summed E-state index contributed by atoms with van der Waals surface area (Å²) >= 11 is 0. The number of methoxy groups -OCH3 is 1. The molecule has 1 fully saturated rings. The van der Waals surface area contributed by atoms with Gasteiger partial charge in [0, 0.05) is 12.7 Å². The van der Waals surface area contributed by atoms with Gasteiger partial charge in [0.15, 0.2) is 0 Å². The molecule has 0 aliphatic carbocycles. The second-order valence-electron chi connectivity index (χ2n) is 6.37. The van der Waals surface area contributed by atoms with Gasteiger partial charge in [0.2, 0.25) is 5.91 Å². The molecule has 0 spiro atoms.